The number of imide groups is 1. The Morgan fingerprint density at radius 3 is 2.74 bits per heavy atom. The fourth-order valence-corrected chi connectivity index (χ4v) is 4.52. The van der Waals surface area contributed by atoms with Gasteiger partial charge in [0.15, 0.2) is 0 Å². The molecule has 0 aromatic heterocycles. The molecule has 146 valence electrons. The van der Waals surface area contributed by atoms with E-state index in [-0.39, 0.29) is 35.2 Å². The Kier molecular flexibility index (Phi) is 4.91. The maximum atomic E-state index is 11.9. The molecule has 1 saturated carbocycles. The summed E-state index contributed by atoms with van der Waals surface area (Å²) in [6.45, 7) is 2.87. The molecule has 3 fully saturated rings. The molecule has 1 N–H and O–H groups in total. The zero-order valence-corrected chi connectivity index (χ0v) is 16.0. The van der Waals surface area contributed by atoms with E-state index in [9.17, 15) is 9.59 Å². The van der Waals surface area contributed by atoms with E-state index in [0.29, 0.717) is 6.42 Å². The highest BCUT2D eigenvalue weighted by Crippen LogP contribution is 2.58. The van der Waals surface area contributed by atoms with Gasteiger partial charge in [0, 0.05) is 12.3 Å². The van der Waals surface area contributed by atoms with E-state index in [0.717, 1.165) is 25.9 Å². The Bertz CT molecular complexity index is 722. The Balaban J connectivity index is 1.39. The van der Waals surface area contributed by atoms with Gasteiger partial charge in [-0.05, 0) is 31.7 Å². The van der Waals surface area contributed by atoms with Crippen LogP contribution in [0.1, 0.15) is 31.7 Å². The average Bonchev–Trinajstić information content (AvgIpc) is 3.56. The van der Waals surface area contributed by atoms with Crippen molar-refractivity contribution in [3.05, 3.63) is 35.9 Å². The number of epoxide rings is 2. The molecule has 6 nitrogen and oxygen atoms in total. The number of alkyl halides is 1. The number of benzene rings is 1. The average molecular weight is 394 g/mol. The monoisotopic (exact) mass is 393 g/mol. The van der Waals surface area contributed by atoms with Crippen molar-refractivity contribution in [2.75, 3.05) is 12.5 Å². The van der Waals surface area contributed by atoms with Gasteiger partial charge in [0.05, 0.1) is 23.9 Å². The molecule has 7 heteroatoms. The molecular weight excluding hydrogens is 370 g/mol. The van der Waals surface area contributed by atoms with Gasteiger partial charge in [0.25, 0.3) is 0 Å². The third kappa shape index (κ3) is 3.84. The number of carbonyl (C=O) groups excluding carboxylic acids is 2. The second-order valence-electron chi connectivity index (χ2n) is 7.87. The number of amides is 2. The Morgan fingerprint density at radius 2 is 2.07 bits per heavy atom. The Morgan fingerprint density at radius 1 is 1.33 bits per heavy atom. The molecule has 2 aliphatic heterocycles. The summed E-state index contributed by atoms with van der Waals surface area (Å²) < 4.78 is 17.4. The third-order valence-corrected chi connectivity index (χ3v) is 6.35. The molecule has 2 amide bonds. The molecule has 3 aliphatic rings. The van der Waals surface area contributed by atoms with E-state index >= 15 is 0 Å². The second kappa shape index (κ2) is 7.08. The van der Waals surface area contributed by atoms with Gasteiger partial charge in [0.2, 0.25) is 5.91 Å². The lowest BCUT2D eigenvalue weighted by Gasteiger charge is -2.36. The van der Waals surface area contributed by atoms with Crippen LogP contribution in [0.5, 0.6) is 0 Å². The van der Waals surface area contributed by atoms with E-state index in [1.165, 1.54) is 5.56 Å². The molecule has 1 aromatic rings. The lowest BCUT2D eigenvalue weighted by molar-refractivity contribution is -0.118. The number of rotatable bonds is 5. The van der Waals surface area contributed by atoms with Crippen LogP contribution in [0, 0.1) is 5.92 Å². The Hall–Kier alpha value is -1.63. The molecule has 2 heterocycles. The van der Waals surface area contributed by atoms with Gasteiger partial charge in [-0.15, -0.1) is 11.6 Å². The van der Waals surface area contributed by atoms with Crippen molar-refractivity contribution >= 4 is 23.6 Å². The highest BCUT2D eigenvalue weighted by atomic mass is 35.5. The van der Waals surface area contributed by atoms with Crippen LogP contribution in [0.25, 0.3) is 0 Å². The zero-order valence-electron chi connectivity index (χ0n) is 15.3. The number of ether oxygens (including phenoxy) is 3. The predicted octanol–water partition coefficient (Wildman–Crippen LogP) is 2.82. The molecule has 4 rings (SSSR count). The van der Waals surface area contributed by atoms with Crippen LogP contribution in [-0.4, -0.2) is 47.9 Å². The fourth-order valence-electron chi connectivity index (χ4n) is 4.46. The van der Waals surface area contributed by atoms with Crippen LogP contribution in [-0.2, 0) is 25.4 Å². The quantitative estimate of drug-likeness (QED) is 0.614. The molecule has 1 unspecified atom stereocenters. The summed E-state index contributed by atoms with van der Waals surface area (Å²) in [5.41, 5.74) is 0.818. The molecule has 5 atom stereocenters. The van der Waals surface area contributed by atoms with E-state index in [4.69, 9.17) is 25.8 Å². The van der Waals surface area contributed by atoms with Crippen molar-refractivity contribution in [3.8, 4) is 0 Å². The van der Waals surface area contributed by atoms with E-state index in [1.807, 2.05) is 18.2 Å². The van der Waals surface area contributed by atoms with E-state index < -0.39 is 12.0 Å². The number of nitrogens with one attached hydrogen (secondary N) is 1. The van der Waals surface area contributed by atoms with Crippen molar-refractivity contribution in [2.45, 2.75) is 56.0 Å². The van der Waals surface area contributed by atoms with E-state index in [2.05, 4.69) is 24.4 Å². The fraction of sp³-hybridized carbons (Fsp3) is 0.600. The van der Waals surface area contributed by atoms with Crippen LogP contribution in [0.2, 0.25) is 0 Å². The lowest BCUT2D eigenvalue weighted by Crippen LogP contribution is -2.46. The molecule has 2 saturated heterocycles. The van der Waals surface area contributed by atoms with Crippen molar-refractivity contribution in [1.29, 1.82) is 0 Å². The molecular formula is C20H24ClNO5. The normalized spacial score (nSPS) is 36.9. The largest absolute Gasteiger partial charge is 0.446 e. The summed E-state index contributed by atoms with van der Waals surface area (Å²) in [7, 11) is 0. The van der Waals surface area contributed by atoms with Gasteiger partial charge in [-0.1, -0.05) is 30.3 Å². The number of halogens is 1. The van der Waals surface area contributed by atoms with E-state index in [1.54, 1.807) is 0 Å². The third-order valence-electron chi connectivity index (χ3n) is 6.11. The maximum Gasteiger partial charge on any atom is 0.414 e. The zero-order chi connectivity index (χ0) is 19.1. The summed E-state index contributed by atoms with van der Waals surface area (Å²) in [4.78, 5) is 23.1. The highest BCUT2D eigenvalue weighted by molar-refractivity contribution is 6.28. The molecule has 0 bridgehead atoms. The van der Waals surface area contributed by atoms with Gasteiger partial charge in [-0.25, -0.2) is 4.79 Å². The van der Waals surface area contributed by atoms with Crippen LogP contribution >= 0.6 is 11.6 Å². The summed E-state index contributed by atoms with van der Waals surface area (Å²) in [5, 5.41) is 2.13. The SMILES string of the molecule is C[C@]1(C2C[C@H](OC(=O)NC(=O)CCl)CC[C@]23CO3)O[C@@H]1Cc1ccccc1. The molecule has 1 aromatic carbocycles. The van der Waals surface area contributed by atoms with Crippen molar-refractivity contribution in [3.63, 3.8) is 0 Å². The minimum atomic E-state index is -0.736. The first-order valence-electron chi connectivity index (χ1n) is 9.37. The first-order chi connectivity index (χ1) is 12.9. The van der Waals surface area contributed by atoms with Crippen LogP contribution in [0.3, 0.4) is 0 Å². The smallest absolute Gasteiger partial charge is 0.414 e. The summed E-state index contributed by atoms with van der Waals surface area (Å²) in [5.74, 6) is -0.669. The van der Waals surface area contributed by atoms with Gasteiger partial charge in [0.1, 0.15) is 12.0 Å². The lowest BCUT2D eigenvalue weighted by atomic mass is 9.70. The van der Waals surface area contributed by atoms with Gasteiger partial charge < -0.3 is 14.2 Å². The maximum absolute atomic E-state index is 11.9. The van der Waals surface area contributed by atoms with Gasteiger partial charge >= 0.3 is 6.09 Å². The molecule has 27 heavy (non-hydrogen) atoms. The predicted molar refractivity (Wildman–Crippen MR) is 98.6 cm³/mol. The minimum absolute atomic E-state index is 0.136. The summed E-state index contributed by atoms with van der Waals surface area (Å²) in [6.07, 6.45) is 2.22. The highest BCUT2D eigenvalue weighted by Gasteiger charge is 2.68. The standard InChI is InChI=1S/C20H24ClNO5/c1-19(16(27-19)9-13-5-3-2-4-6-13)15-10-14(7-8-20(15)12-25-20)26-18(24)22-17(23)11-21/h2-6,14-16H,7-12H2,1H3,(H,22,23,24)/t14-,15?,16-,19-,20+/m1/s1. The topological polar surface area (TPSA) is 80.5 Å². The second-order valence-corrected chi connectivity index (χ2v) is 8.14. The Labute approximate surface area is 163 Å². The first kappa shape index (κ1) is 18.7. The first-order valence-corrected chi connectivity index (χ1v) is 9.91. The number of alkyl carbamates (subject to hydrolysis) is 1. The summed E-state index contributed by atoms with van der Waals surface area (Å²) in [6, 6.07) is 10.3. The number of hydrogen-bond donors (Lipinski definition) is 1. The molecule has 1 aliphatic carbocycles. The number of carbonyl (C=O) groups is 2. The summed E-state index contributed by atoms with van der Waals surface area (Å²) >= 11 is 5.41. The minimum Gasteiger partial charge on any atom is -0.446 e. The van der Waals surface area contributed by atoms with Crippen LogP contribution in [0.15, 0.2) is 30.3 Å². The van der Waals surface area contributed by atoms with Crippen LogP contribution < -0.4 is 5.32 Å². The van der Waals surface area contributed by atoms with Crippen LogP contribution in [0.4, 0.5) is 4.79 Å². The number of hydrogen-bond acceptors (Lipinski definition) is 5. The van der Waals surface area contributed by atoms with Crippen molar-refractivity contribution in [1.82, 2.24) is 5.32 Å². The van der Waals surface area contributed by atoms with Gasteiger partial charge in [-0.2, -0.15) is 0 Å². The molecule has 1 spiro atoms. The van der Waals surface area contributed by atoms with Crippen molar-refractivity contribution in [2.24, 2.45) is 5.92 Å². The molecule has 0 radical (unpaired) electrons. The van der Waals surface area contributed by atoms with Gasteiger partial charge in [-0.3, -0.25) is 10.1 Å². The van der Waals surface area contributed by atoms with Crippen molar-refractivity contribution < 1.29 is 23.8 Å².